The zero-order valence-corrected chi connectivity index (χ0v) is 18.5. The third-order valence-corrected chi connectivity index (χ3v) is 5.07. The molecule has 0 aliphatic heterocycles. The Labute approximate surface area is 197 Å². The van der Waals surface area contributed by atoms with E-state index in [1.54, 1.807) is 0 Å². The number of hydrogen-bond donors (Lipinski definition) is 0. The Morgan fingerprint density at radius 1 is 0.719 bits per heavy atom. The molecule has 1 atom stereocenters. The van der Waals surface area contributed by atoms with E-state index in [0.29, 0.717) is 22.6 Å². The van der Waals surface area contributed by atoms with Crippen LogP contribution in [-0.4, -0.2) is 28.2 Å². The second-order valence-electron chi connectivity index (χ2n) is 5.98. The Morgan fingerprint density at radius 3 is 1.47 bits per heavy atom. The smallest absolute Gasteiger partial charge is 0.221 e. The highest BCUT2D eigenvalue weighted by Gasteiger charge is 2.82. The van der Waals surface area contributed by atoms with Gasteiger partial charge in [0.1, 0.15) is 0 Å². The predicted molar refractivity (Wildman–Crippen MR) is 91.8 cm³/mol. The van der Waals surface area contributed by atoms with E-state index in [9.17, 15) is 61.5 Å². The van der Waals surface area contributed by atoms with Gasteiger partial charge in [-0.05, 0) is 34.2 Å². The van der Waals surface area contributed by atoms with Crippen LogP contribution in [0.15, 0.2) is 6.07 Å². The van der Waals surface area contributed by atoms with E-state index in [1.165, 1.54) is 6.07 Å². The number of halogens is 18. The molecule has 1 aromatic rings. The van der Waals surface area contributed by atoms with Crippen molar-refractivity contribution in [3.8, 4) is 0 Å². The van der Waals surface area contributed by atoms with E-state index >= 15 is 0 Å². The van der Waals surface area contributed by atoms with Gasteiger partial charge < -0.3 is 0 Å². The molecule has 1 rings (SSSR count). The number of benzene rings is 1. The molecule has 32 heavy (non-hydrogen) atoms. The molecule has 1 radical (unpaired) electrons. The molecule has 0 nitrogen and oxygen atoms in total. The zero-order chi connectivity index (χ0) is 25.9. The lowest BCUT2D eigenvalue weighted by atomic mass is 9.82. The molecule has 0 N–H and O–H groups in total. The van der Waals surface area contributed by atoms with Crippen molar-refractivity contribution in [2.45, 2.75) is 46.3 Å². The lowest BCUT2D eigenvalue weighted by Crippen LogP contribution is -2.60. The summed E-state index contributed by atoms with van der Waals surface area (Å²) in [6.07, 6.45) is -22.7. The lowest BCUT2D eigenvalue weighted by Gasteiger charge is -2.38. The molecule has 0 aromatic heterocycles. The summed E-state index contributed by atoms with van der Waals surface area (Å²) in [5, 5.41) is 0. The Kier molecular flexibility index (Phi) is 7.93. The van der Waals surface area contributed by atoms with E-state index in [2.05, 4.69) is 0 Å². The highest BCUT2D eigenvalue weighted by Crippen LogP contribution is 2.60. The molecule has 0 aliphatic rings. The summed E-state index contributed by atoms with van der Waals surface area (Å²) in [5.41, 5.74) is -14.2. The van der Waals surface area contributed by atoms with Crippen LogP contribution in [0.4, 0.5) is 61.5 Å². The van der Waals surface area contributed by atoms with Crippen LogP contribution in [0.2, 0.25) is 0 Å². The van der Waals surface area contributed by atoms with Crippen LogP contribution in [-0.2, 0) is 18.0 Å². The molecule has 1 unspecified atom stereocenters. The summed E-state index contributed by atoms with van der Waals surface area (Å²) in [5.74, 6) is -13.5. The first-order chi connectivity index (χ1) is 13.7. The van der Waals surface area contributed by atoms with Gasteiger partial charge >= 0.3 is 36.0 Å². The van der Waals surface area contributed by atoms with Gasteiger partial charge in [0.2, 0.25) is 0 Å². The maximum Gasteiger partial charge on any atom is 0.458 e. The quantitative estimate of drug-likeness (QED) is 0.171. The van der Waals surface area contributed by atoms with Gasteiger partial charge in [0.15, 0.2) is 3.79 Å². The van der Waals surface area contributed by atoms with Crippen molar-refractivity contribution in [3.05, 3.63) is 32.4 Å². The third kappa shape index (κ3) is 5.24. The maximum atomic E-state index is 14.9. The van der Waals surface area contributed by atoms with Crippen LogP contribution >= 0.6 is 57.4 Å². The van der Waals surface area contributed by atoms with Crippen molar-refractivity contribution in [3.63, 3.8) is 0 Å². The summed E-state index contributed by atoms with van der Waals surface area (Å²) in [7, 11) is 0. The van der Waals surface area contributed by atoms with E-state index in [4.69, 9.17) is 34.8 Å². The van der Waals surface area contributed by atoms with Crippen LogP contribution < -0.4 is 0 Å². The highest BCUT2D eigenvalue weighted by atomic mass is 127. The minimum absolute atomic E-state index is 0.645. The van der Waals surface area contributed by atoms with Crippen LogP contribution in [0.5, 0.6) is 0 Å². The molecular formula is C14H3Cl3F14I. The number of hydrogen-bond acceptors (Lipinski definition) is 0. The summed E-state index contributed by atoms with van der Waals surface area (Å²) in [6.45, 7) is 0. The molecule has 185 valence electrons. The van der Waals surface area contributed by atoms with Crippen molar-refractivity contribution < 1.29 is 61.5 Å². The van der Waals surface area contributed by atoms with Crippen LogP contribution in [0.3, 0.4) is 0 Å². The van der Waals surface area contributed by atoms with Gasteiger partial charge in [-0.25, -0.2) is 4.39 Å². The monoisotopic (exact) mass is 669 g/mol. The van der Waals surface area contributed by atoms with Crippen molar-refractivity contribution in [1.29, 1.82) is 0 Å². The molecule has 0 saturated carbocycles. The van der Waals surface area contributed by atoms with Crippen molar-refractivity contribution in [1.82, 2.24) is 0 Å². The Hall–Kier alpha value is -0.160. The van der Waals surface area contributed by atoms with Gasteiger partial charge in [-0.15, -0.1) is 0 Å². The maximum absolute atomic E-state index is 14.9. The molecule has 0 heterocycles. The molecule has 0 aliphatic carbocycles. The van der Waals surface area contributed by atoms with E-state index < -0.39 is 72.6 Å². The normalized spacial score (nSPS) is 16.8. The average Bonchev–Trinajstić information content (AvgIpc) is 2.51. The number of alkyl halides is 17. The summed E-state index contributed by atoms with van der Waals surface area (Å²) < 4.78 is 182. The Balaban J connectivity index is 4.25. The third-order valence-electron chi connectivity index (χ3n) is 3.75. The molecule has 18 heteroatoms. The lowest BCUT2D eigenvalue weighted by molar-refractivity contribution is -0.389. The second-order valence-corrected chi connectivity index (χ2v) is 9.58. The standard InChI is InChI=1S/C14H3Cl3F14I/c15-8(16,17)3-5-6(1-4(2-7(5)32)10(19,20)13(26,27)28)9(18,12(23,24)25)11(21,22)14(29,30)31/h1H,3H2. The van der Waals surface area contributed by atoms with Crippen LogP contribution in [0.1, 0.15) is 16.7 Å². The van der Waals surface area contributed by atoms with Crippen LogP contribution in [0, 0.1) is 9.64 Å². The minimum atomic E-state index is -7.38. The fraction of sp³-hybridized carbons (Fsp3) is 0.571. The summed E-state index contributed by atoms with van der Waals surface area (Å²) >= 11 is 16.4. The fourth-order valence-corrected chi connectivity index (χ4v) is 3.45. The molecule has 0 bridgehead atoms. The van der Waals surface area contributed by atoms with E-state index in [0.717, 1.165) is 0 Å². The first-order valence-electron chi connectivity index (χ1n) is 7.19. The van der Waals surface area contributed by atoms with Gasteiger partial charge in [-0.3, -0.25) is 0 Å². The topological polar surface area (TPSA) is 0 Å². The fourth-order valence-electron chi connectivity index (χ4n) is 2.28. The first-order valence-corrected chi connectivity index (χ1v) is 9.40. The van der Waals surface area contributed by atoms with Gasteiger partial charge in [-0.1, -0.05) is 34.8 Å². The second kappa shape index (κ2) is 8.50. The van der Waals surface area contributed by atoms with Crippen molar-refractivity contribution in [2.24, 2.45) is 0 Å². The van der Waals surface area contributed by atoms with Crippen molar-refractivity contribution >= 4 is 57.4 Å². The van der Waals surface area contributed by atoms with Crippen molar-refractivity contribution in [2.75, 3.05) is 0 Å². The molecule has 0 amide bonds. The Bertz CT molecular complexity index is 852. The van der Waals surface area contributed by atoms with Crippen LogP contribution in [0.25, 0.3) is 0 Å². The molecule has 0 fully saturated rings. The van der Waals surface area contributed by atoms with Gasteiger partial charge in [0.25, 0.3) is 0 Å². The predicted octanol–water partition coefficient (Wildman–Crippen LogP) is 8.58. The molecule has 0 saturated heterocycles. The largest absolute Gasteiger partial charge is 0.458 e. The zero-order valence-electron chi connectivity index (χ0n) is 14.1. The van der Waals surface area contributed by atoms with E-state index in [1.807, 2.05) is 0 Å². The average molecular weight is 670 g/mol. The van der Waals surface area contributed by atoms with Gasteiger partial charge in [0, 0.05) is 27.2 Å². The first kappa shape index (κ1) is 29.9. The number of rotatable bonds is 4. The highest BCUT2D eigenvalue weighted by molar-refractivity contribution is 14.1. The van der Waals surface area contributed by atoms with Gasteiger partial charge in [0.05, 0.1) is 0 Å². The minimum Gasteiger partial charge on any atom is -0.221 e. The summed E-state index contributed by atoms with van der Waals surface area (Å²) in [4.78, 5) is 0. The van der Waals surface area contributed by atoms with Gasteiger partial charge in [-0.2, -0.15) is 57.1 Å². The van der Waals surface area contributed by atoms with E-state index in [-0.39, 0.29) is 0 Å². The summed E-state index contributed by atoms with van der Waals surface area (Å²) in [6, 6.07) is 0.0218. The molecular weight excluding hydrogens is 667 g/mol. The Morgan fingerprint density at radius 2 is 1.16 bits per heavy atom. The SMILES string of the molecule is FC(F)(F)C(F)(F)c1[c]c(I)c(CC(Cl)(Cl)Cl)c(C(F)(C(F)(F)F)C(F)(F)C(F)(F)F)c1. The molecule has 1 aromatic carbocycles. The molecule has 0 spiro atoms.